The van der Waals surface area contributed by atoms with E-state index in [9.17, 15) is 8.42 Å². The van der Waals surface area contributed by atoms with E-state index in [1.165, 1.54) is 0 Å². The molecule has 1 heterocycles. The van der Waals surface area contributed by atoms with Crippen molar-refractivity contribution in [3.63, 3.8) is 0 Å². The molecule has 2 aromatic carbocycles. The van der Waals surface area contributed by atoms with Crippen LogP contribution in [0.5, 0.6) is 5.75 Å². The van der Waals surface area contributed by atoms with Crippen LogP contribution in [0.25, 0.3) is 0 Å². The lowest BCUT2D eigenvalue weighted by Gasteiger charge is -2.24. The smallest absolute Gasteiger partial charge is 0.244 e. The van der Waals surface area contributed by atoms with Gasteiger partial charge in [0.1, 0.15) is 5.75 Å². The molecular weight excluding hydrogens is 342 g/mol. The van der Waals surface area contributed by atoms with Crippen molar-refractivity contribution in [2.24, 2.45) is 0 Å². The van der Waals surface area contributed by atoms with Gasteiger partial charge in [0.25, 0.3) is 0 Å². The van der Waals surface area contributed by atoms with Crippen LogP contribution in [0.2, 0.25) is 0 Å². The second-order valence-corrected chi connectivity index (χ2v) is 8.94. The van der Waals surface area contributed by atoms with Gasteiger partial charge in [-0.25, -0.2) is 8.42 Å². The number of hydrogen-bond acceptors (Lipinski definition) is 4. The largest absolute Gasteiger partial charge is 0.497 e. The Morgan fingerprint density at radius 2 is 1.79 bits per heavy atom. The van der Waals surface area contributed by atoms with E-state index in [0.717, 1.165) is 28.2 Å². The van der Waals surface area contributed by atoms with E-state index < -0.39 is 10.0 Å². The lowest BCUT2D eigenvalue weighted by atomic mass is 10.1. The normalized spacial score (nSPS) is 18.7. The molecule has 0 amide bonds. The predicted octanol–water partition coefficient (Wildman–Crippen LogP) is 3.75. The standard InChI is InChI=1S/C18H21NO3S2/c1-13-4-9-17(12-14(13)2)24(20,21)19-10-11-23-18(19)15-5-7-16(22-3)8-6-15/h4-9,12,18H,10-11H2,1-3H3/t18-/m1/s1. The Balaban J connectivity index is 1.94. The van der Waals surface area contributed by atoms with Crippen molar-refractivity contribution in [3.8, 4) is 5.75 Å². The average molecular weight is 364 g/mol. The third-order valence-electron chi connectivity index (χ3n) is 4.33. The Bertz CT molecular complexity index is 832. The second-order valence-electron chi connectivity index (χ2n) is 5.86. The third kappa shape index (κ3) is 3.18. The van der Waals surface area contributed by atoms with Gasteiger partial charge in [-0.05, 0) is 54.8 Å². The number of ether oxygens (including phenoxy) is 1. The molecule has 0 saturated carbocycles. The zero-order chi connectivity index (χ0) is 17.3. The van der Waals surface area contributed by atoms with E-state index in [4.69, 9.17) is 4.74 Å². The number of sulfonamides is 1. The minimum absolute atomic E-state index is 0.192. The molecule has 3 rings (SSSR count). The zero-order valence-electron chi connectivity index (χ0n) is 14.0. The van der Waals surface area contributed by atoms with Crippen LogP contribution in [-0.2, 0) is 10.0 Å². The third-order valence-corrected chi connectivity index (χ3v) is 7.59. The highest BCUT2D eigenvalue weighted by molar-refractivity contribution is 8.01. The number of rotatable bonds is 4. The Morgan fingerprint density at radius 1 is 1.08 bits per heavy atom. The van der Waals surface area contributed by atoms with E-state index in [-0.39, 0.29) is 5.37 Å². The molecule has 1 fully saturated rings. The fourth-order valence-corrected chi connectivity index (χ4v) is 6.07. The minimum atomic E-state index is -3.51. The van der Waals surface area contributed by atoms with Crippen LogP contribution in [0, 0.1) is 13.8 Å². The van der Waals surface area contributed by atoms with Gasteiger partial charge in [-0.1, -0.05) is 18.2 Å². The molecule has 1 aliphatic rings. The molecule has 1 aliphatic heterocycles. The van der Waals surface area contributed by atoms with Gasteiger partial charge >= 0.3 is 0 Å². The molecule has 0 radical (unpaired) electrons. The van der Waals surface area contributed by atoms with Gasteiger partial charge < -0.3 is 4.74 Å². The number of methoxy groups -OCH3 is 1. The molecule has 0 N–H and O–H groups in total. The minimum Gasteiger partial charge on any atom is -0.497 e. The molecule has 24 heavy (non-hydrogen) atoms. The SMILES string of the molecule is COc1ccc([C@H]2SCCN2S(=O)(=O)c2ccc(C)c(C)c2)cc1. The molecule has 1 saturated heterocycles. The average Bonchev–Trinajstić information content (AvgIpc) is 3.08. The summed E-state index contributed by atoms with van der Waals surface area (Å²) in [4.78, 5) is 0.367. The summed E-state index contributed by atoms with van der Waals surface area (Å²) >= 11 is 1.65. The van der Waals surface area contributed by atoms with Gasteiger partial charge in [0.05, 0.1) is 17.4 Å². The summed E-state index contributed by atoms with van der Waals surface area (Å²) in [6.45, 7) is 4.45. The van der Waals surface area contributed by atoms with Gasteiger partial charge in [-0.2, -0.15) is 4.31 Å². The first-order valence-corrected chi connectivity index (χ1v) is 10.3. The second kappa shape index (κ2) is 6.78. The van der Waals surface area contributed by atoms with Crippen LogP contribution in [0.15, 0.2) is 47.4 Å². The maximum absolute atomic E-state index is 13.1. The molecule has 128 valence electrons. The molecule has 0 bridgehead atoms. The van der Waals surface area contributed by atoms with Crippen LogP contribution in [0.4, 0.5) is 0 Å². The van der Waals surface area contributed by atoms with Gasteiger partial charge in [-0.15, -0.1) is 11.8 Å². The van der Waals surface area contributed by atoms with Crippen molar-refractivity contribution >= 4 is 21.8 Å². The summed E-state index contributed by atoms with van der Waals surface area (Å²) in [5, 5.41) is -0.192. The Hall–Kier alpha value is -1.50. The van der Waals surface area contributed by atoms with Gasteiger partial charge in [0, 0.05) is 12.3 Å². The van der Waals surface area contributed by atoms with Crippen molar-refractivity contribution in [1.82, 2.24) is 4.31 Å². The molecular formula is C18H21NO3S2. The maximum Gasteiger partial charge on any atom is 0.244 e. The first kappa shape index (κ1) is 17.3. The summed E-state index contributed by atoms with van der Waals surface area (Å²) < 4.78 is 33.0. The van der Waals surface area contributed by atoms with Gasteiger partial charge in [0.15, 0.2) is 0 Å². The number of benzene rings is 2. The monoisotopic (exact) mass is 363 g/mol. The Morgan fingerprint density at radius 3 is 2.42 bits per heavy atom. The fourth-order valence-electron chi connectivity index (χ4n) is 2.74. The molecule has 0 spiro atoms. The maximum atomic E-state index is 13.1. The molecule has 6 heteroatoms. The topological polar surface area (TPSA) is 46.6 Å². The van der Waals surface area contributed by atoms with E-state index in [2.05, 4.69) is 0 Å². The van der Waals surface area contributed by atoms with Crippen molar-refractivity contribution < 1.29 is 13.2 Å². The summed E-state index contributed by atoms with van der Waals surface area (Å²) in [7, 11) is -1.89. The molecule has 0 unspecified atom stereocenters. The molecule has 2 aromatic rings. The fraction of sp³-hybridized carbons (Fsp3) is 0.333. The summed E-state index contributed by atoms with van der Waals surface area (Å²) in [5.74, 6) is 1.56. The number of thioether (sulfide) groups is 1. The van der Waals surface area contributed by atoms with E-state index in [1.54, 1.807) is 35.3 Å². The molecule has 0 aromatic heterocycles. The van der Waals surface area contributed by atoms with Gasteiger partial charge in [0.2, 0.25) is 10.0 Å². The van der Waals surface area contributed by atoms with Crippen LogP contribution < -0.4 is 4.74 Å². The zero-order valence-corrected chi connectivity index (χ0v) is 15.7. The highest BCUT2D eigenvalue weighted by Crippen LogP contribution is 2.41. The lowest BCUT2D eigenvalue weighted by Crippen LogP contribution is -2.30. The summed E-state index contributed by atoms with van der Waals surface area (Å²) in [6, 6.07) is 12.9. The van der Waals surface area contributed by atoms with Crippen LogP contribution in [0.1, 0.15) is 22.1 Å². The van der Waals surface area contributed by atoms with Crippen LogP contribution in [-0.4, -0.2) is 32.1 Å². The quantitative estimate of drug-likeness (QED) is 0.830. The first-order valence-electron chi connectivity index (χ1n) is 7.78. The highest BCUT2D eigenvalue weighted by Gasteiger charge is 2.36. The highest BCUT2D eigenvalue weighted by atomic mass is 32.2. The molecule has 1 atom stereocenters. The van der Waals surface area contributed by atoms with E-state index >= 15 is 0 Å². The van der Waals surface area contributed by atoms with Gasteiger partial charge in [-0.3, -0.25) is 0 Å². The van der Waals surface area contributed by atoms with E-state index in [1.807, 2.05) is 44.2 Å². The number of hydrogen-bond donors (Lipinski definition) is 0. The lowest BCUT2D eigenvalue weighted by molar-refractivity contribution is 0.413. The predicted molar refractivity (Wildman–Crippen MR) is 98.0 cm³/mol. The van der Waals surface area contributed by atoms with Crippen LogP contribution in [0.3, 0.4) is 0 Å². The van der Waals surface area contributed by atoms with Crippen LogP contribution >= 0.6 is 11.8 Å². The van der Waals surface area contributed by atoms with Crippen molar-refractivity contribution in [2.45, 2.75) is 24.1 Å². The van der Waals surface area contributed by atoms with Crippen molar-refractivity contribution in [3.05, 3.63) is 59.2 Å². The van der Waals surface area contributed by atoms with Crippen molar-refractivity contribution in [2.75, 3.05) is 19.4 Å². The number of nitrogens with zero attached hydrogens (tertiary/aromatic N) is 1. The summed E-state index contributed by atoms with van der Waals surface area (Å²) in [6.07, 6.45) is 0. The molecule has 4 nitrogen and oxygen atoms in total. The Labute approximate surface area is 147 Å². The number of aryl methyl sites for hydroxylation is 2. The van der Waals surface area contributed by atoms with E-state index in [0.29, 0.717) is 11.4 Å². The molecule has 0 aliphatic carbocycles. The first-order chi connectivity index (χ1) is 11.4. The Kier molecular flexibility index (Phi) is 4.90. The van der Waals surface area contributed by atoms with Crippen molar-refractivity contribution in [1.29, 1.82) is 0 Å². The summed E-state index contributed by atoms with van der Waals surface area (Å²) in [5.41, 5.74) is 3.06.